The second-order valence-corrected chi connectivity index (χ2v) is 8.05. The van der Waals surface area contributed by atoms with Crippen LogP contribution >= 0.6 is 43.5 Å². The molecule has 0 bridgehead atoms. The summed E-state index contributed by atoms with van der Waals surface area (Å²) in [5, 5.41) is 0.681. The summed E-state index contributed by atoms with van der Waals surface area (Å²) in [6.07, 6.45) is 1.78. The zero-order chi connectivity index (χ0) is 19.9. The van der Waals surface area contributed by atoms with Gasteiger partial charge in [0.1, 0.15) is 18.1 Å². The topological polar surface area (TPSA) is 30.8 Å². The van der Waals surface area contributed by atoms with Crippen LogP contribution in [0.5, 0.6) is 11.5 Å². The zero-order valence-corrected chi connectivity index (χ0v) is 19.1. The normalized spacial score (nSPS) is 11.0. The lowest BCUT2D eigenvalue weighted by atomic mass is 10.2. The van der Waals surface area contributed by atoms with Crippen LogP contribution in [-0.2, 0) is 6.61 Å². The monoisotopic (exact) mass is 521 g/mol. The average Bonchev–Trinajstić information content (AvgIpc) is 2.68. The molecule has 0 unspecified atom stereocenters. The van der Waals surface area contributed by atoms with Crippen LogP contribution < -0.4 is 9.47 Å². The van der Waals surface area contributed by atoms with Crippen LogP contribution in [0.2, 0.25) is 5.02 Å². The highest BCUT2D eigenvalue weighted by molar-refractivity contribution is 9.11. The molecule has 0 N–H and O–H groups in total. The maximum atomic E-state index is 6.24. The van der Waals surface area contributed by atoms with Crippen molar-refractivity contribution in [1.29, 1.82) is 0 Å². The number of aliphatic imine (C=N–C) groups is 1. The number of benzene rings is 3. The van der Waals surface area contributed by atoms with Gasteiger partial charge in [0.05, 0.1) is 16.8 Å². The first-order valence-corrected chi connectivity index (χ1v) is 10.7. The first-order chi connectivity index (χ1) is 13.6. The van der Waals surface area contributed by atoms with Crippen molar-refractivity contribution in [1.82, 2.24) is 0 Å². The van der Waals surface area contributed by atoms with Crippen molar-refractivity contribution in [3.05, 3.63) is 85.8 Å². The van der Waals surface area contributed by atoms with Crippen molar-refractivity contribution >= 4 is 55.4 Å². The number of hydrogen-bond donors (Lipinski definition) is 0. The molecule has 0 amide bonds. The lowest BCUT2D eigenvalue weighted by Gasteiger charge is -2.13. The maximum absolute atomic E-state index is 6.24. The average molecular weight is 524 g/mol. The lowest BCUT2D eigenvalue weighted by molar-refractivity contribution is 0.304. The van der Waals surface area contributed by atoms with Crippen molar-refractivity contribution in [3.8, 4) is 11.5 Å². The molecule has 0 heterocycles. The molecule has 0 spiro atoms. The first-order valence-electron chi connectivity index (χ1n) is 8.69. The summed E-state index contributed by atoms with van der Waals surface area (Å²) >= 11 is 13.3. The number of ether oxygens (including phenoxy) is 2. The largest absolute Gasteiger partial charge is 0.494 e. The Morgan fingerprint density at radius 3 is 2.46 bits per heavy atom. The molecule has 0 aliphatic heterocycles. The minimum Gasteiger partial charge on any atom is -0.494 e. The van der Waals surface area contributed by atoms with Crippen LogP contribution in [0.15, 0.2) is 74.6 Å². The van der Waals surface area contributed by atoms with Gasteiger partial charge in [-0.25, -0.2) is 0 Å². The Labute approximate surface area is 186 Å². The molecule has 0 atom stereocenters. The van der Waals surface area contributed by atoms with Crippen molar-refractivity contribution in [3.63, 3.8) is 0 Å². The molecule has 6 heteroatoms. The first kappa shape index (κ1) is 20.9. The van der Waals surface area contributed by atoms with E-state index in [0.29, 0.717) is 24.0 Å². The lowest BCUT2D eigenvalue weighted by Crippen LogP contribution is -2.00. The van der Waals surface area contributed by atoms with Gasteiger partial charge in [0, 0.05) is 26.8 Å². The van der Waals surface area contributed by atoms with E-state index in [1.807, 2.05) is 67.6 Å². The number of hydrogen-bond acceptors (Lipinski definition) is 3. The maximum Gasteiger partial charge on any atom is 0.142 e. The summed E-state index contributed by atoms with van der Waals surface area (Å²) in [6.45, 7) is 2.96. The summed E-state index contributed by atoms with van der Waals surface area (Å²) in [6, 6.07) is 19.2. The Morgan fingerprint density at radius 1 is 1.00 bits per heavy atom. The summed E-state index contributed by atoms with van der Waals surface area (Å²) in [5.41, 5.74) is 2.60. The van der Waals surface area contributed by atoms with E-state index in [4.69, 9.17) is 21.1 Å². The molecule has 0 saturated carbocycles. The predicted molar refractivity (Wildman–Crippen MR) is 122 cm³/mol. The molecule has 0 radical (unpaired) electrons. The third-order valence-corrected chi connectivity index (χ3v) is 5.28. The summed E-state index contributed by atoms with van der Waals surface area (Å²) < 4.78 is 13.3. The molecule has 144 valence electrons. The van der Waals surface area contributed by atoms with Crippen LogP contribution in [0, 0.1) is 0 Å². The van der Waals surface area contributed by atoms with Crippen LogP contribution in [0.4, 0.5) is 5.69 Å². The molecule has 0 aliphatic carbocycles. The standard InChI is InChI=1S/C22H18Br2ClNO2/c1-2-27-19-9-7-18(8-10-19)26-13-16-11-17(23)12-20(24)22(16)28-14-15-5-3-4-6-21(15)25/h3-13H,2,14H2,1H3. The number of nitrogens with zero attached hydrogens (tertiary/aromatic N) is 1. The van der Waals surface area contributed by atoms with Gasteiger partial charge in [-0.3, -0.25) is 4.99 Å². The second kappa shape index (κ2) is 10.1. The second-order valence-electron chi connectivity index (χ2n) is 5.87. The molecule has 0 fully saturated rings. The smallest absolute Gasteiger partial charge is 0.142 e. The molecule has 3 aromatic rings. The van der Waals surface area contributed by atoms with Gasteiger partial charge < -0.3 is 9.47 Å². The SMILES string of the molecule is CCOc1ccc(N=Cc2cc(Br)cc(Br)c2OCc2ccccc2Cl)cc1. The Bertz CT molecular complexity index is 975. The molecule has 3 aromatic carbocycles. The van der Waals surface area contributed by atoms with E-state index in [-0.39, 0.29) is 0 Å². The third-order valence-electron chi connectivity index (χ3n) is 3.87. The van der Waals surface area contributed by atoms with Gasteiger partial charge in [0.25, 0.3) is 0 Å². The third kappa shape index (κ3) is 5.60. The molecule has 0 aromatic heterocycles. The van der Waals surface area contributed by atoms with E-state index in [1.165, 1.54) is 0 Å². The molecule has 3 rings (SSSR count). The summed E-state index contributed by atoms with van der Waals surface area (Å²) in [7, 11) is 0. The van der Waals surface area contributed by atoms with E-state index in [1.54, 1.807) is 6.21 Å². The van der Waals surface area contributed by atoms with E-state index < -0.39 is 0 Å². The van der Waals surface area contributed by atoms with Crippen LogP contribution in [0.25, 0.3) is 0 Å². The molecular weight excluding hydrogens is 506 g/mol. The Kier molecular flexibility index (Phi) is 7.54. The fraction of sp³-hybridized carbons (Fsp3) is 0.136. The fourth-order valence-corrected chi connectivity index (χ4v) is 4.10. The van der Waals surface area contributed by atoms with Gasteiger partial charge in [0.15, 0.2) is 0 Å². The number of halogens is 3. The van der Waals surface area contributed by atoms with Crippen molar-refractivity contribution in [2.75, 3.05) is 6.61 Å². The van der Waals surface area contributed by atoms with E-state index in [2.05, 4.69) is 36.9 Å². The van der Waals surface area contributed by atoms with Crippen LogP contribution in [0.1, 0.15) is 18.1 Å². The molecule has 28 heavy (non-hydrogen) atoms. The Morgan fingerprint density at radius 2 is 1.75 bits per heavy atom. The van der Waals surface area contributed by atoms with E-state index >= 15 is 0 Å². The minimum absolute atomic E-state index is 0.365. The quantitative estimate of drug-likeness (QED) is 0.299. The van der Waals surface area contributed by atoms with Crippen molar-refractivity contribution in [2.24, 2.45) is 4.99 Å². The van der Waals surface area contributed by atoms with Gasteiger partial charge in [-0.05, 0) is 65.3 Å². The fourth-order valence-electron chi connectivity index (χ4n) is 2.53. The van der Waals surface area contributed by atoms with Crippen LogP contribution in [-0.4, -0.2) is 12.8 Å². The predicted octanol–water partition coefficient (Wildman–Crippen LogP) is 7.59. The summed E-state index contributed by atoms with van der Waals surface area (Å²) in [5.74, 6) is 1.54. The number of rotatable bonds is 7. The minimum atomic E-state index is 0.365. The van der Waals surface area contributed by atoms with Gasteiger partial charge >= 0.3 is 0 Å². The van der Waals surface area contributed by atoms with Gasteiger partial charge in [0.2, 0.25) is 0 Å². The molecule has 0 saturated heterocycles. The van der Waals surface area contributed by atoms with Gasteiger partial charge in [-0.15, -0.1) is 0 Å². The highest BCUT2D eigenvalue weighted by Crippen LogP contribution is 2.33. The summed E-state index contributed by atoms with van der Waals surface area (Å²) in [4.78, 5) is 4.56. The zero-order valence-electron chi connectivity index (χ0n) is 15.2. The Balaban J connectivity index is 1.82. The molecule has 3 nitrogen and oxygen atoms in total. The molecular formula is C22H18Br2ClNO2. The molecule has 0 aliphatic rings. The van der Waals surface area contributed by atoms with Crippen molar-refractivity contribution < 1.29 is 9.47 Å². The van der Waals surface area contributed by atoms with Crippen LogP contribution in [0.3, 0.4) is 0 Å². The van der Waals surface area contributed by atoms with Gasteiger partial charge in [-0.1, -0.05) is 45.7 Å². The van der Waals surface area contributed by atoms with Crippen molar-refractivity contribution in [2.45, 2.75) is 13.5 Å². The highest BCUT2D eigenvalue weighted by atomic mass is 79.9. The van der Waals surface area contributed by atoms with E-state index in [0.717, 1.165) is 31.5 Å². The Hall–Kier alpha value is -1.82. The highest BCUT2D eigenvalue weighted by Gasteiger charge is 2.10. The van der Waals surface area contributed by atoms with E-state index in [9.17, 15) is 0 Å². The van der Waals surface area contributed by atoms with Gasteiger partial charge in [-0.2, -0.15) is 0 Å².